The van der Waals surface area contributed by atoms with Gasteiger partial charge < -0.3 is 19.7 Å². The Bertz CT molecular complexity index is 1520. The zero-order valence-electron chi connectivity index (χ0n) is 23.4. The minimum Gasteiger partial charge on any atom is -0.486 e. The summed E-state index contributed by atoms with van der Waals surface area (Å²) in [6.45, 7) is 2.44. The van der Waals surface area contributed by atoms with Gasteiger partial charge in [0.2, 0.25) is 21.8 Å². The molecule has 0 aromatic heterocycles. The quantitative estimate of drug-likeness (QED) is 0.310. The molecule has 1 atom stereocenters. The molecule has 1 N–H and O–H groups in total. The number of fused-ring (bicyclic) bond motifs is 1. The first-order valence-electron chi connectivity index (χ1n) is 13.5. The Balaban J connectivity index is 1.74. The molecule has 0 spiro atoms. The van der Waals surface area contributed by atoms with Crippen LogP contribution < -0.4 is 19.1 Å². The van der Waals surface area contributed by atoms with Gasteiger partial charge in [-0.2, -0.15) is 0 Å². The highest BCUT2D eigenvalue weighted by atomic mass is 35.5. The fraction of sp³-hybridized carbons (Fsp3) is 0.333. The van der Waals surface area contributed by atoms with E-state index in [2.05, 4.69) is 5.32 Å². The molecular formula is C30H33Cl2N3O6S. The van der Waals surface area contributed by atoms with Gasteiger partial charge in [-0.1, -0.05) is 66.5 Å². The molecule has 1 aliphatic heterocycles. The van der Waals surface area contributed by atoms with Crippen LogP contribution in [-0.4, -0.2) is 63.7 Å². The maximum absolute atomic E-state index is 14.2. The van der Waals surface area contributed by atoms with Crippen LogP contribution >= 0.6 is 23.2 Å². The predicted octanol–water partition coefficient (Wildman–Crippen LogP) is 4.70. The van der Waals surface area contributed by atoms with E-state index in [-0.39, 0.29) is 24.6 Å². The van der Waals surface area contributed by atoms with Crippen LogP contribution in [0.15, 0.2) is 66.7 Å². The van der Waals surface area contributed by atoms with E-state index in [1.165, 1.54) is 11.0 Å². The van der Waals surface area contributed by atoms with Crippen molar-refractivity contribution in [3.05, 3.63) is 87.9 Å². The zero-order chi connectivity index (χ0) is 30.3. The van der Waals surface area contributed by atoms with Gasteiger partial charge in [-0.25, -0.2) is 8.42 Å². The van der Waals surface area contributed by atoms with Gasteiger partial charge in [-0.3, -0.25) is 13.9 Å². The van der Waals surface area contributed by atoms with Gasteiger partial charge in [-0.15, -0.1) is 0 Å². The van der Waals surface area contributed by atoms with Gasteiger partial charge in [0.25, 0.3) is 0 Å². The molecule has 4 rings (SSSR count). The van der Waals surface area contributed by atoms with Gasteiger partial charge in [0.05, 0.1) is 11.9 Å². The average molecular weight is 635 g/mol. The van der Waals surface area contributed by atoms with Crippen LogP contribution in [-0.2, 0) is 32.6 Å². The van der Waals surface area contributed by atoms with Crippen molar-refractivity contribution in [2.24, 2.45) is 0 Å². The minimum absolute atomic E-state index is 0.0510. The van der Waals surface area contributed by atoms with E-state index in [4.69, 9.17) is 32.7 Å². The maximum atomic E-state index is 14.2. The van der Waals surface area contributed by atoms with Gasteiger partial charge in [0.1, 0.15) is 25.8 Å². The third kappa shape index (κ3) is 8.08. The smallest absolute Gasteiger partial charge is 0.244 e. The number of carbonyl (C=O) groups excluding carboxylic acids is 2. The molecule has 12 heteroatoms. The van der Waals surface area contributed by atoms with E-state index in [9.17, 15) is 18.0 Å². The highest BCUT2D eigenvalue weighted by Crippen LogP contribution is 2.35. The molecule has 1 heterocycles. The van der Waals surface area contributed by atoms with Crippen LogP contribution in [0.25, 0.3) is 0 Å². The van der Waals surface area contributed by atoms with Crippen molar-refractivity contribution in [2.45, 2.75) is 32.4 Å². The number of sulfonamides is 1. The summed E-state index contributed by atoms with van der Waals surface area (Å²) < 4.78 is 38.2. The number of halogens is 2. The molecule has 0 aliphatic carbocycles. The van der Waals surface area contributed by atoms with Crippen LogP contribution in [0.2, 0.25) is 10.0 Å². The summed E-state index contributed by atoms with van der Waals surface area (Å²) in [6, 6.07) is 17.9. The van der Waals surface area contributed by atoms with Crippen molar-refractivity contribution < 1.29 is 27.5 Å². The molecule has 0 fully saturated rings. The highest BCUT2D eigenvalue weighted by Gasteiger charge is 2.33. The normalized spacial score (nSPS) is 13.2. The van der Waals surface area contributed by atoms with E-state index in [1.54, 1.807) is 30.3 Å². The number of nitrogens with one attached hydrogen (secondary N) is 1. The lowest BCUT2D eigenvalue weighted by Crippen LogP contribution is -2.53. The second kappa shape index (κ2) is 14.1. The largest absolute Gasteiger partial charge is 0.486 e. The van der Waals surface area contributed by atoms with E-state index in [1.807, 2.05) is 37.3 Å². The number of carbonyl (C=O) groups is 2. The topological polar surface area (TPSA) is 105 Å². The van der Waals surface area contributed by atoms with E-state index >= 15 is 0 Å². The van der Waals surface area contributed by atoms with Crippen molar-refractivity contribution in [3.63, 3.8) is 0 Å². The molecule has 0 radical (unpaired) electrons. The van der Waals surface area contributed by atoms with Gasteiger partial charge >= 0.3 is 0 Å². The maximum Gasteiger partial charge on any atom is 0.244 e. The van der Waals surface area contributed by atoms with Crippen molar-refractivity contribution >= 4 is 50.7 Å². The molecule has 3 aromatic rings. The first-order chi connectivity index (χ1) is 20.1. The molecule has 1 aliphatic rings. The lowest BCUT2D eigenvalue weighted by Gasteiger charge is -2.34. The molecule has 3 aromatic carbocycles. The van der Waals surface area contributed by atoms with Crippen molar-refractivity contribution in [1.82, 2.24) is 10.2 Å². The minimum atomic E-state index is -3.93. The first-order valence-corrected chi connectivity index (χ1v) is 16.1. The lowest BCUT2D eigenvalue weighted by atomic mass is 10.0. The van der Waals surface area contributed by atoms with Crippen LogP contribution in [0, 0.1) is 0 Å². The van der Waals surface area contributed by atoms with Crippen molar-refractivity contribution in [2.75, 3.05) is 36.9 Å². The Morgan fingerprint density at radius 1 is 0.976 bits per heavy atom. The molecule has 224 valence electrons. The lowest BCUT2D eigenvalue weighted by molar-refractivity contribution is -0.140. The van der Waals surface area contributed by atoms with Gasteiger partial charge in [-0.05, 0) is 41.8 Å². The SMILES string of the molecule is CCCNC(=O)[C@H](Cc1ccccc1)N(Cc1ccc(Cl)cc1Cl)C(=O)CN(c1ccc2c(c1)OCCO2)S(C)(=O)=O. The number of benzene rings is 3. The zero-order valence-corrected chi connectivity index (χ0v) is 25.7. The number of nitrogens with zero attached hydrogens (tertiary/aromatic N) is 2. The highest BCUT2D eigenvalue weighted by molar-refractivity contribution is 7.92. The Morgan fingerprint density at radius 3 is 2.36 bits per heavy atom. The molecule has 9 nitrogen and oxygen atoms in total. The number of ether oxygens (including phenoxy) is 2. The Labute approximate surface area is 256 Å². The summed E-state index contributed by atoms with van der Waals surface area (Å²) in [6.07, 6.45) is 1.93. The van der Waals surface area contributed by atoms with E-state index < -0.39 is 28.5 Å². The third-order valence-corrected chi connectivity index (χ3v) is 8.40. The molecule has 0 bridgehead atoms. The number of hydrogen-bond donors (Lipinski definition) is 1. The first kappa shape index (κ1) is 31.5. The summed E-state index contributed by atoms with van der Waals surface area (Å²) in [7, 11) is -3.93. The van der Waals surface area contributed by atoms with Gasteiger partial charge in [0.15, 0.2) is 11.5 Å². The summed E-state index contributed by atoms with van der Waals surface area (Å²) >= 11 is 12.6. The van der Waals surface area contributed by atoms with Crippen molar-refractivity contribution in [3.8, 4) is 11.5 Å². The van der Waals surface area contributed by atoms with Gasteiger partial charge in [0, 0.05) is 35.6 Å². The summed E-state index contributed by atoms with van der Waals surface area (Å²) in [5, 5.41) is 3.64. The second-order valence-corrected chi connectivity index (χ2v) is 12.6. The summed E-state index contributed by atoms with van der Waals surface area (Å²) in [5.74, 6) is -0.0804. The Kier molecular flexibility index (Phi) is 10.6. The van der Waals surface area contributed by atoms with E-state index in [0.717, 1.165) is 16.1 Å². The number of hydrogen-bond acceptors (Lipinski definition) is 6. The predicted molar refractivity (Wildman–Crippen MR) is 164 cm³/mol. The average Bonchev–Trinajstić information content (AvgIpc) is 2.97. The molecule has 0 saturated carbocycles. The van der Waals surface area contributed by atoms with Crippen LogP contribution in [0.3, 0.4) is 0 Å². The van der Waals surface area contributed by atoms with Crippen molar-refractivity contribution in [1.29, 1.82) is 0 Å². The second-order valence-electron chi connectivity index (χ2n) is 9.85. The van der Waals surface area contributed by atoms with E-state index in [0.29, 0.717) is 53.3 Å². The number of anilines is 1. The third-order valence-electron chi connectivity index (χ3n) is 6.67. The fourth-order valence-electron chi connectivity index (χ4n) is 4.55. The summed E-state index contributed by atoms with van der Waals surface area (Å²) in [4.78, 5) is 29.1. The standard InChI is InChI=1S/C30H33Cl2N3O6S/c1-3-13-33-30(37)26(16-21-7-5-4-6-8-21)34(19-22-9-10-23(31)17-25(22)32)29(36)20-35(42(2,38)39)24-11-12-27-28(18-24)41-15-14-40-27/h4-12,17-18,26H,3,13-16,19-20H2,1-2H3,(H,33,37)/t26-/m0/s1. The number of rotatable bonds is 12. The molecule has 0 saturated heterocycles. The fourth-order valence-corrected chi connectivity index (χ4v) is 5.86. The van der Waals surface area contributed by atoms with Crippen LogP contribution in [0.1, 0.15) is 24.5 Å². The van der Waals surface area contributed by atoms with Crippen LogP contribution in [0.5, 0.6) is 11.5 Å². The molecular weight excluding hydrogens is 601 g/mol. The Morgan fingerprint density at radius 2 is 1.69 bits per heavy atom. The summed E-state index contributed by atoms with van der Waals surface area (Å²) in [5.41, 5.74) is 1.62. The number of amides is 2. The molecule has 0 unspecified atom stereocenters. The molecule has 2 amide bonds. The molecule has 42 heavy (non-hydrogen) atoms. The van der Waals surface area contributed by atoms with Crippen LogP contribution in [0.4, 0.5) is 5.69 Å². The Hall–Kier alpha value is -3.47. The monoisotopic (exact) mass is 633 g/mol.